The van der Waals surface area contributed by atoms with E-state index in [1.807, 2.05) is 54.8 Å². The minimum Gasteiger partial charge on any atom is -0.383 e. The van der Waals surface area contributed by atoms with Crippen molar-refractivity contribution in [3.05, 3.63) is 80.1 Å². The zero-order valence-electron chi connectivity index (χ0n) is 16.2. The van der Waals surface area contributed by atoms with Crippen LogP contribution >= 0.6 is 11.3 Å². The Bertz CT molecular complexity index is 1240. The molecule has 0 radical (unpaired) electrons. The molecule has 0 spiro atoms. The lowest BCUT2D eigenvalue weighted by Crippen LogP contribution is -2.38. The molecular formula is C20H20N6O3S. The third-order valence-electron chi connectivity index (χ3n) is 4.63. The van der Waals surface area contributed by atoms with Gasteiger partial charge in [0.1, 0.15) is 11.5 Å². The van der Waals surface area contributed by atoms with Crippen LogP contribution in [0.2, 0.25) is 0 Å². The van der Waals surface area contributed by atoms with Crippen molar-refractivity contribution in [2.75, 3.05) is 17.2 Å². The lowest BCUT2D eigenvalue weighted by atomic mass is 10.2. The van der Waals surface area contributed by atoms with E-state index in [1.165, 1.54) is 15.9 Å². The topological polar surface area (TPSA) is 123 Å². The van der Waals surface area contributed by atoms with Gasteiger partial charge in [-0.05, 0) is 23.9 Å². The highest BCUT2D eigenvalue weighted by Crippen LogP contribution is 2.23. The van der Waals surface area contributed by atoms with Crippen LogP contribution in [-0.2, 0) is 13.1 Å². The zero-order valence-corrected chi connectivity index (χ0v) is 17.1. The number of thiophene rings is 1. The maximum atomic E-state index is 12.6. The van der Waals surface area contributed by atoms with Crippen LogP contribution in [0, 0.1) is 0 Å². The quantitative estimate of drug-likeness (QED) is 0.467. The lowest BCUT2D eigenvalue weighted by molar-refractivity contribution is 0.377. The number of benzene rings is 1. The van der Waals surface area contributed by atoms with E-state index >= 15 is 0 Å². The van der Waals surface area contributed by atoms with Crippen LogP contribution in [0.1, 0.15) is 18.4 Å². The van der Waals surface area contributed by atoms with Crippen LogP contribution in [-0.4, -0.2) is 26.2 Å². The molecule has 4 rings (SSSR count). The second-order valence-corrected chi connectivity index (χ2v) is 7.52. The Balaban J connectivity index is 1.66. The molecule has 10 heteroatoms. The predicted molar refractivity (Wildman–Crippen MR) is 116 cm³/mol. The average Bonchev–Trinajstić information content (AvgIpc) is 3.43. The van der Waals surface area contributed by atoms with E-state index in [0.717, 1.165) is 10.4 Å². The third kappa shape index (κ3) is 3.90. The van der Waals surface area contributed by atoms with Crippen molar-refractivity contribution in [1.82, 2.24) is 19.7 Å². The van der Waals surface area contributed by atoms with E-state index in [9.17, 15) is 9.59 Å². The Kier molecular flexibility index (Phi) is 5.48. The van der Waals surface area contributed by atoms with Crippen molar-refractivity contribution in [3.8, 4) is 10.7 Å². The SMILES string of the molecule is CCN(Cc1nc(-c2cccs2)no1)c1c(N)n(Cc2ccccc2)c(=O)[nH]c1=O. The average molecular weight is 424 g/mol. The summed E-state index contributed by atoms with van der Waals surface area (Å²) in [7, 11) is 0. The molecule has 0 fully saturated rings. The van der Waals surface area contributed by atoms with Crippen LogP contribution in [0.3, 0.4) is 0 Å². The molecule has 0 atom stereocenters. The molecule has 0 aliphatic heterocycles. The minimum absolute atomic E-state index is 0.0902. The molecule has 0 saturated heterocycles. The van der Waals surface area contributed by atoms with Crippen molar-refractivity contribution < 1.29 is 4.52 Å². The maximum absolute atomic E-state index is 12.6. The first-order valence-electron chi connectivity index (χ1n) is 9.34. The fraction of sp³-hybridized carbons (Fsp3) is 0.200. The second-order valence-electron chi connectivity index (χ2n) is 6.57. The van der Waals surface area contributed by atoms with E-state index in [1.54, 1.807) is 4.90 Å². The highest BCUT2D eigenvalue weighted by molar-refractivity contribution is 7.13. The van der Waals surface area contributed by atoms with Gasteiger partial charge in [-0.25, -0.2) is 4.79 Å². The predicted octanol–water partition coefficient (Wildman–Crippen LogP) is 2.31. The number of hydrogen-bond donors (Lipinski definition) is 2. The minimum atomic E-state index is -0.557. The number of hydrogen-bond acceptors (Lipinski definition) is 8. The summed E-state index contributed by atoms with van der Waals surface area (Å²) in [6.45, 7) is 2.76. The molecule has 0 amide bonds. The van der Waals surface area contributed by atoms with Gasteiger partial charge in [-0.1, -0.05) is 41.6 Å². The van der Waals surface area contributed by atoms with Gasteiger partial charge >= 0.3 is 5.69 Å². The molecular weight excluding hydrogens is 404 g/mol. The Morgan fingerprint density at radius 1 is 1.20 bits per heavy atom. The number of nitrogens with zero attached hydrogens (tertiary/aromatic N) is 4. The molecule has 0 aliphatic carbocycles. The van der Waals surface area contributed by atoms with Gasteiger partial charge in [0.2, 0.25) is 11.7 Å². The molecule has 3 heterocycles. The van der Waals surface area contributed by atoms with Crippen molar-refractivity contribution >= 4 is 22.8 Å². The Morgan fingerprint density at radius 2 is 2.00 bits per heavy atom. The van der Waals surface area contributed by atoms with Gasteiger partial charge in [-0.15, -0.1) is 11.3 Å². The van der Waals surface area contributed by atoms with E-state index in [4.69, 9.17) is 10.3 Å². The summed E-state index contributed by atoms with van der Waals surface area (Å²) in [5.74, 6) is 0.930. The molecule has 0 unspecified atom stereocenters. The highest BCUT2D eigenvalue weighted by Gasteiger charge is 2.21. The summed E-state index contributed by atoms with van der Waals surface area (Å²) in [6.07, 6.45) is 0. The molecule has 1 aromatic carbocycles. The number of nitrogens with one attached hydrogen (secondary N) is 1. The first kappa shape index (κ1) is 19.6. The van der Waals surface area contributed by atoms with Crippen LogP contribution < -0.4 is 21.9 Å². The summed E-state index contributed by atoms with van der Waals surface area (Å²) < 4.78 is 6.70. The van der Waals surface area contributed by atoms with Crippen molar-refractivity contribution in [2.45, 2.75) is 20.0 Å². The van der Waals surface area contributed by atoms with Crippen LogP contribution in [0.25, 0.3) is 10.7 Å². The molecule has 154 valence electrons. The fourth-order valence-electron chi connectivity index (χ4n) is 3.14. The molecule has 9 nitrogen and oxygen atoms in total. The summed E-state index contributed by atoms with van der Waals surface area (Å²) in [5.41, 5.74) is 6.26. The van der Waals surface area contributed by atoms with Crippen LogP contribution in [0.5, 0.6) is 0 Å². The zero-order chi connectivity index (χ0) is 21.1. The van der Waals surface area contributed by atoms with E-state index < -0.39 is 11.2 Å². The number of H-pyrrole nitrogens is 1. The number of anilines is 2. The second kappa shape index (κ2) is 8.37. The first-order chi connectivity index (χ1) is 14.6. The van der Waals surface area contributed by atoms with Gasteiger partial charge in [0, 0.05) is 6.54 Å². The van der Waals surface area contributed by atoms with Gasteiger partial charge in [0.15, 0.2) is 0 Å². The monoisotopic (exact) mass is 424 g/mol. The summed E-state index contributed by atoms with van der Waals surface area (Å²) >= 11 is 1.51. The summed E-state index contributed by atoms with van der Waals surface area (Å²) in [4.78, 5) is 34.3. The molecule has 30 heavy (non-hydrogen) atoms. The van der Waals surface area contributed by atoms with Gasteiger partial charge in [0.25, 0.3) is 5.56 Å². The van der Waals surface area contributed by atoms with Gasteiger partial charge in [0.05, 0.1) is 18.0 Å². The van der Waals surface area contributed by atoms with Gasteiger partial charge < -0.3 is 15.2 Å². The maximum Gasteiger partial charge on any atom is 0.330 e. The van der Waals surface area contributed by atoms with Crippen molar-refractivity contribution in [2.24, 2.45) is 0 Å². The Hall–Kier alpha value is -3.66. The number of aromatic amines is 1. The molecule has 0 aliphatic rings. The van der Waals surface area contributed by atoms with Gasteiger partial charge in [-0.3, -0.25) is 14.3 Å². The highest BCUT2D eigenvalue weighted by atomic mass is 32.1. The van der Waals surface area contributed by atoms with E-state index in [-0.39, 0.29) is 24.6 Å². The summed E-state index contributed by atoms with van der Waals surface area (Å²) in [5, 5.41) is 5.93. The smallest absolute Gasteiger partial charge is 0.330 e. The number of nitrogen functional groups attached to an aromatic ring is 1. The van der Waals surface area contributed by atoms with Crippen molar-refractivity contribution in [1.29, 1.82) is 0 Å². The van der Waals surface area contributed by atoms with E-state index in [0.29, 0.717) is 18.3 Å². The number of aromatic nitrogens is 4. The van der Waals surface area contributed by atoms with Crippen LogP contribution in [0.15, 0.2) is 62.0 Å². The molecule has 3 aromatic heterocycles. The Labute approximate surface area is 175 Å². The lowest BCUT2D eigenvalue weighted by Gasteiger charge is -2.23. The normalized spacial score (nSPS) is 11.0. The third-order valence-corrected chi connectivity index (χ3v) is 5.50. The number of nitrogens with two attached hydrogens (primary N) is 1. The molecule has 3 N–H and O–H groups in total. The largest absolute Gasteiger partial charge is 0.383 e. The van der Waals surface area contributed by atoms with Crippen LogP contribution in [0.4, 0.5) is 11.5 Å². The first-order valence-corrected chi connectivity index (χ1v) is 10.2. The molecule has 4 aromatic rings. The van der Waals surface area contributed by atoms with Crippen molar-refractivity contribution in [3.63, 3.8) is 0 Å². The van der Waals surface area contributed by atoms with E-state index in [2.05, 4.69) is 15.1 Å². The summed E-state index contributed by atoms with van der Waals surface area (Å²) in [6, 6.07) is 13.2. The molecule has 0 saturated carbocycles. The Morgan fingerprint density at radius 3 is 2.70 bits per heavy atom. The number of rotatable bonds is 7. The van der Waals surface area contributed by atoms with Gasteiger partial charge in [-0.2, -0.15) is 4.98 Å². The fourth-order valence-corrected chi connectivity index (χ4v) is 3.79. The standard InChI is InChI=1S/C20H20N6O3S/c1-2-25(12-15-22-18(24-29-15)14-9-6-10-30-14)16-17(21)26(20(28)23-19(16)27)11-13-7-4-3-5-8-13/h3-10H,2,11-12,21H2,1H3,(H,23,27,28). The molecule has 0 bridgehead atoms.